The molecule has 0 radical (unpaired) electrons. The number of pyridine rings is 1. The Labute approximate surface area is 66.5 Å². The zero-order chi connectivity index (χ0) is 8.43. The van der Waals surface area contributed by atoms with Gasteiger partial charge in [0, 0.05) is 17.8 Å². The summed E-state index contributed by atoms with van der Waals surface area (Å²) in [5.41, 5.74) is 0.920. The third-order valence-corrected chi connectivity index (χ3v) is 1.72. The fourth-order valence-corrected chi connectivity index (χ4v) is 1.03. The average molecular weight is 151 g/mol. The van der Waals surface area contributed by atoms with Crippen molar-refractivity contribution in [1.29, 1.82) is 0 Å². The van der Waals surface area contributed by atoms with Crippen LogP contribution < -0.4 is 5.56 Å². The lowest BCUT2D eigenvalue weighted by atomic mass is 10.3. The van der Waals surface area contributed by atoms with Gasteiger partial charge < -0.3 is 4.57 Å². The molecule has 60 valence electrons. The molecule has 1 rings (SSSR count). The third kappa shape index (κ3) is 1.50. The van der Waals surface area contributed by atoms with Crippen molar-refractivity contribution < 1.29 is 0 Å². The fourth-order valence-electron chi connectivity index (χ4n) is 1.03. The van der Waals surface area contributed by atoms with Gasteiger partial charge in [-0.15, -0.1) is 0 Å². The fraction of sp³-hybridized carbons (Fsp3) is 0.444. The van der Waals surface area contributed by atoms with Crippen molar-refractivity contribution in [3.05, 3.63) is 34.2 Å². The summed E-state index contributed by atoms with van der Waals surface area (Å²) < 4.78 is 1.73. The van der Waals surface area contributed by atoms with Crippen LogP contribution in [0.25, 0.3) is 0 Å². The second-order valence-electron chi connectivity index (χ2n) is 3.00. The summed E-state index contributed by atoms with van der Waals surface area (Å²) in [6.07, 6.45) is 1.82. The van der Waals surface area contributed by atoms with Crippen molar-refractivity contribution in [1.82, 2.24) is 4.57 Å². The Balaban J connectivity index is 3.28. The standard InChI is InChI=1S/C9H13NO/c1-7(2)10-6-4-5-8(3)9(10)11/h4-7H,1-3H3. The Morgan fingerprint density at radius 1 is 1.45 bits per heavy atom. The summed E-state index contributed by atoms with van der Waals surface area (Å²) in [4.78, 5) is 11.4. The SMILES string of the molecule is Cc1cccn(C(C)C)c1=O. The molecule has 0 saturated carbocycles. The largest absolute Gasteiger partial charge is 0.313 e. The average Bonchev–Trinajstić information content (AvgIpc) is 1.94. The maximum atomic E-state index is 11.4. The molecule has 11 heavy (non-hydrogen) atoms. The third-order valence-electron chi connectivity index (χ3n) is 1.72. The minimum absolute atomic E-state index is 0.113. The van der Waals surface area contributed by atoms with Crippen LogP contribution in [-0.4, -0.2) is 4.57 Å². The minimum Gasteiger partial charge on any atom is -0.313 e. The maximum Gasteiger partial charge on any atom is 0.253 e. The summed E-state index contributed by atoms with van der Waals surface area (Å²) in [6.45, 7) is 5.84. The highest BCUT2D eigenvalue weighted by Gasteiger charge is 2.00. The van der Waals surface area contributed by atoms with Gasteiger partial charge >= 0.3 is 0 Å². The van der Waals surface area contributed by atoms with Crippen LogP contribution in [0.3, 0.4) is 0 Å². The molecular formula is C9H13NO. The van der Waals surface area contributed by atoms with Crippen LogP contribution in [0, 0.1) is 6.92 Å². The Morgan fingerprint density at radius 3 is 2.55 bits per heavy atom. The number of hydrogen-bond donors (Lipinski definition) is 0. The Kier molecular flexibility index (Phi) is 2.13. The first-order chi connectivity index (χ1) is 5.13. The molecule has 0 spiro atoms. The van der Waals surface area contributed by atoms with E-state index in [0.717, 1.165) is 5.56 Å². The first-order valence-electron chi connectivity index (χ1n) is 3.80. The van der Waals surface area contributed by atoms with Crippen LogP contribution in [0.1, 0.15) is 25.5 Å². The second kappa shape index (κ2) is 2.91. The predicted molar refractivity (Wildman–Crippen MR) is 45.8 cm³/mol. The van der Waals surface area contributed by atoms with E-state index in [4.69, 9.17) is 0 Å². The molecule has 0 bridgehead atoms. The number of nitrogens with zero attached hydrogens (tertiary/aromatic N) is 1. The smallest absolute Gasteiger partial charge is 0.253 e. The summed E-state index contributed by atoms with van der Waals surface area (Å²) in [5, 5.41) is 0. The molecule has 0 aliphatic rings. The van der Waals surface area contributed by atoms with Gasteiger partial charge in [-0.05, 0) is 26.8 Å². The van der Waals surface area contributed by atoms with Gasteiger partial charge in [-0.25, -0.2) is 0 Å². The van der Waals surface area contributed by atoms with Gasteiger partial charge in [-0.2, -0.15) is 0 Å². The van der Waals surface area contributed by atoms with Crippen LogP contribution in [0.15, 0.2) is 23.1 Å². The van der Waals surface area contributed by atoms with E-state index in [-0.39, 0.29) is 11.6 Å². The molecule has 1 heterocycles. The van der Waals surface area contributed by atoms with Gasteiger partial charge in [0.2, 0.25) is 0 Å². The minimum atomic E-state index is 0.113. The van der Waals surface area contributed by atoms with E-state index in [1.165, 1.54) is 0 Å². The van der Waals surface area contributed by atoms with E-state index in [1.54, 1.807) is 4.57 Å². The van der Waals surface area contributed by atoms with Gasteiger partial charge in [0.1, 0.15) is 0 Å². The first kappa shape index (κ1) is 8.05. The van der Waals surface area contributed by atoms with Crippen LogP contribution in [0.5, 0.6) is 0 Å². The summed E-state index contributed by atoms with van der Waals surface area (Å²) in [5.74, 6) is 0. The van der Waals surface area contributed by atoms with E-state index in [0.29, 0.717) is 0 Å². The van der Waals surface area contributed by atoms with Crippen LogP contribution in [-0.2, 0) is 0 Å². The van der Waals surface area contributed by atoms with Crippen molar-refractivity contribution >= 4 is 0 Å². The highest BCUT2D eigenvalue weighted by molar-refractivity contribution is 5.07. The second-order valence-corrected chi connectivity index (χ2v) is 3.00. The summed E-state index contributed by atoms with van der Waals surface area (Å²) >= 11 is 0. The van der Waals surface area contributed by atoms with E-state index in [1.807, 2.05) is 39.1 Å². The lowest BCUT2D eigenvalue weighted by Crippen LogP contribution is -2.22. The van der Waals surface area contributed by atoms with E-state index >= 15 is 0 Å². The predicted octanol–water partition coefficient (Wildman–Crippen LogP) is 1.74. The van der Waals surface area contributed by atoms with Crippen LogP contribution in [0.4, 0.5) is 0 Å². The Bertz CT molecular complexity index is 299. The molecule has 0 fully saturated rings. The molecule has 0 amide bonds. The molecule has 0 aliphatic carbocycles. The van der Waals surface area contributed by atoms with Gasteiger partial charge in [0.05, 0.1) is 0 Å². The van der Waals surface area contributed by atoms with Crippen molar-refractivity contribution in [2.45, 2.75) is 26.8 Å². The van der Waals surface area contributed by atoms with Crippen molar-refractivity contribution in [3.63, 3.8) is 0 Å². The molecule has 0 saturated heterocycles. The number of hydrogen-bond acceptors (Lipinski definition) is 1. The van der Waals surface area contributed by atoms with Crippen LogP contribution in [0.2, 0.25) is 0 Å². The van der Waals surface area contributed by atoms with Crippen molar-refractivity contribution in [2.75, 3.05) is 0 Å². The molecule has 2 nitrogen and oxygen atoms in total. The molecule has 2 heteroatoms. The lowest BCUT2D eigenvalue weighted by Gasteiger charge is -2.08. The van der Waals surface area contributed by atoms with Gasteiger partial charge in [-0.3, -0.25) is 4.79 Å². The van der Waals surface area contributed by atoms with E-state index < -0.39 is 0 Å². The van der Waals surface area contributed by atoms with Gasteiger partial charge in [0.25, 0.3) is 5.56 Å². The zero-order valence-electron chi connectivity index (χ0n) is 7.16. The van der Waals surface area contributed by atoms with E-state index in [9.17, 15) is 4.79 Å². The maximum absolute atomic E-state index is 11.4. The van der Waals surface area contributed by atoms with Crippen molar-refractivity contribution in [2.24, 2.45) is 0 Å². The highest BCUT2D eigenvalue weighted by atomic mass is 16.1. The number of aromatic nitrogens is 1. The van der Waals surface area contributed by atoms with E-state index in [2.05, 4.69) is 0 Å². The molecule has 0 aromatic carbocycles. The molecule has 0 atom stereocenters. The number of aryl methyl sites for hydroxylation is 1. The highest BCUT2D eigenvalue weighted by Crippen LogP contribution is 1.99. The monoisotopic (exact) mass is 151 g/mol. The first-order valence-corrected chi connectivity index (χ1v) is 3.80. The summed E-state index contributed by atoms with van der Waals surface area (Å²) in [6, 6.07) is 3.99. The quantitative estimate of drug-likeness (QED) is 0.599. The molecule has 0 N–H and O–H groups in total. The number of rotatable bonds is 1. The molecular weight excluding hydrogens is 138 g/mol. The Morgan fingerprint density at radius 2 is 2.09 bits per heavy atom. The van der Waals surface area contributed by atoms with Crippen molar-refractivity contribution in [3.8, 4) is 0 Å². The van der Waals surface area contributed by atoms with Crippen LogP contribution >= 0.6 is 0 Å². The normalized spacial score (nSPS) is 10.5. The van der Waals surface area contributed by atoms with Gasteiger partial charge in [0.15, 0.2) is 0 Å². The summed E-state index contributed by atoms with van der Waals surface area (Å²) in [7, 11) is 0. The molecule has 0 aliphatic heterocycles. The topological polar surface area (TPSA) is 22.0 Å². The molecule has 0 unspecified atom stereocenters. The Hall–Kier alpha value is -1.05. The van der Waals surface area contributed by atoms with Gasteiger partial charge in [-0.1, -0.05) is 6.07 Å². The molecule has 1 aromatic rings. The zero-order valence-corrected chi connectivity index (χ0v) is 7.16. The molecule has 1 aromatic heterocycles. The lowest BCUT2D eigenvalue weighted by molar-refractivity contribution is 0.575.